The molecule has 0 atom stereocenters. The third kappa shape index (κ3) is 6.27. The van der Waals surface area contributed by atoms with Crippen LogP contribution in [0.3, 0.4) is 0 Å². The molecule has 0 aliphatic heterocycles. The molecular weight excluding hydrogens is 129 g/mol. The van der Waals surface area contributed by atoms with Crippen LogP contribution in [0.1, 0.15) is 0 Å². The molecule has 0 radical (unpaired) electrons. The Hall–Kier alpha value is 0.270. The van der Waals surface area contributed by atoms with Crippen LogP contribution in [0.2, 0.25) is 0 Å². The van der Waals surface area contributed by atoms with Crippen molar-refractivity contribution in [2.75, 3.05) is 19.8 Å². The Labute approximate surface area is 48.9 Å². The summed E-state index contributed by atoms with van der Waals surface area (Å²) in [6.07, 6.45) is 0. The van der Waals surface area contributed by atoms with Gasteiger partial charge in [0.2, 0.25) is 0 Å². The van der Waals surface area contributed by atoms with E-state index in [0.717, 1.165) is 0 Å². The zero-order chi connectivity index (χ0) is 6.62. The maximum atomic E-state index is 8.57. The Morgan fingerprint density at radius 2 is 2.12 bits per heavy atom. The molecule has 8 heavy (non-hydrogen) atoms. The molecule has 0 spiro atoms. The second kappa shape index (κ2) is 3.33. The monoisotopic (exact) mass is 141 g/mol. The van der Waals surface area contributed by atoms with Gasteiger partial charge in [-0.2, -0.15) is 0 Å². The van der Waals surface area contributed by atoms with Crippen LogP contribution in [0.5, 0.6) is 0 Å². The Bertz CT molecular complexity index is 62.0. The fourth-order valence-electron chi connectivity index (χ4n) is 0.252. The molecule has 0 aromatic heterocycles. The van der Waals surface area contributed by atoms with E-state index in [-0.39, 0.29) is 6.61 Å². The van der Waals surface area contributed by atoms with Gasteiger partial charge < -0.3 is 0 Å². The van der Waals surface area contributed by atoms with Crippen molar-refractivity contribution >= 4 is 7.94 Å². The second-order valence-electron chi connectivity index (χ2n) is 1.57. The van der Waals surface area contributed by atoms with Gasteiger partial charge in [-0.1, -0.05) is 0 Å². The first-order valence-electron chi connectivity index (χ1n) is 2.35. The normalized spacial score (nSPS) is 14.0. The van der Waals surface area contributed by atoms with Crippen molar-refractivity contribution in [3.8, 4) is 0 Å². The van der Waals surface area contributed by atoms with E-state index in [1.165, 1.54) is 6.66 Å². The molecule has 0 heterocycles. The zero-order valence-electron chi connectivity index (χ0n) is 4.79. The molecule has 4 nitrogen and oxygen atoms in total. The molecule has 0 aromatic carbocycles. The van der Waals surface area contributed by atoms with E-state index < -0.39 is 7.94 Å². The van der Waals surface area contributed by atoms with Crippen LogP contribution in [0.4, 0.5) is 0 Å². The SMILES string of the molecule is C[PH](O)(O)OCCN. The van der Waals surface area contributed by atoms with Gasteiger partial charge in [0.1, 0.15) is 0 Å². The standard InChI is InChI=1S/C3H12NO3P/c1-8(5,6)7-3-2-4/h5-6,8H,2-4H2,1H3. The number of rotatable bonds is 3. The van der Waals surface area contributed by atoms with E-state index in [1.54, 1.807) is 0 Å². The fourth-order valence-corrected chi connectivity index (χ4v) is 0.757. The van der Waals surface area contributed by atoms with Gasteiger partial charge in [0.25, 0.3) is 0 Å². The van der Waals surface area contributed by atoms with Crippen molar-refractivity contribution in [2.24, 2.45) is 5.73 Å². The molecule has 5 heteroatoms. The van der Waals surface area contributed by atoms with Crippen LogP contribution < -0.4 is 5.73 Å². The van der Waals surface area contributed by atoms with Gasteiger partial charge in [-0.3, -0.25) is 0 Å². The van der Waals surface area contributed by atoms with Gasteiger partial charge in [-0.05, 0) is 0 Å². The van der Waals surface area contributed by atoms with E-state index in [4.69, 9.17) is 15.5 Å². The second-order valence-corrected chi connectivity index (χ2v) is 3.73. The molecule has 0 saturated heterocycles. The summed E-state index contributed by atoms with van der Waals surface area (Å²) in [5, 5.41) is 0. The first-order valence-corrected chi connectivity index (χ1v) is 4.65. The quantitative estimate of drug-likeness (QED) is 0.444. The van der Waals surface area contributed by atoms with E-state index >= 15 is 0 Å². The first kappa shape index (κ1) is 8.27. The molecule has 0 aromatic rings. The summed E-state index contributed by atoms with van der Waals surface area (Å²) < 4.78 is 4.50. The number of nitrogens with two attached hydrogens (primary N) is 1. The van der Waals surface area contributed by atoms with Gasteiger partial charge in [0.15, 0.2) is 0 Å². The Kier molecular flexibility index (Phi) is 3.44. The van der Waals surface area contributed by atoms with Crippen molar-refractivity contribution in [2.45, 2.75) is 0 Å². The van der Waals surface area contributed by atoms with Gasteiger partial charge in [0, 0.05) is 0 Å². The van der Waals surface area contributed by atoms with Crippen LogP contribution in [0, 0.1) is 0 Å². The van der Waals surface area contributed by atoms with Crippen LogP contribution >= 0.6 is 7.94 Å². The van der Waals surface area contributed by atoms with Crippen molar-refractivity contribution in [1.29, 1.82) is 0 Å². The van der Waals surface area contributed by atoms with E-state index in [2.05, 4.69) is 4.52 Å². The van der Waals surface area contributed by atoms with Crippen LogP contribution in [0.25, 0.3) is 0 Å². The number of hydrogen-bond acceptors (Lipinski definition) is 4. The summed E-state index contributed by atoms with van der Waals surface area (Å²) in [6, 6.07) is 0. The van der Waals surface area contributed by atoms with Crippen molar-refractivity contribution in [3.63, 3.8) is 0 Å². The molecule has 0 aliphatic carbocycles. The topological polar surface area (TPSA) is 75.7 Å². The van der Waals surface area contributed by atoms with E-state index in [9.17, 15) is 0 Å². The summed E-state index contributed by atoms with van der Waals surface area (Å²) in [4.78, 5) is 17.1. The Balaban J connectivity index is 3.11. The summed E-state index contributed by atoms with van der Waals surface area (Å²) in [7, 11) is -3.26. The molecule has 4 N–H and O–H groups in total. The van der Waals surface area contributed by atoms with Gasteiger partial charge in [-0.15, -0.1) is 0 Å². The molecule has 0 amide bonds. The minimum atomic E-state index is -3.26. The van der Waals surface area contributed by atoms with Crippen molar-refractivity contribution in [3.05, 3.63) is 0 Å². The minimum absolute atomic E-state index is 0.218. The average Bonchev–Trinajstić information content (AvgIpc) is 1.59. The van der Waals surface area contributed by atoms with Crippen LogP contribution in [-0.4, -0.2) is 29.6 Å². The van der Waals surface area contributed by atoms with Crippen molar-refractivity contribution < 1.29 is 14.3 Å². The van der Waals surface area contributed by atoms with Crippen LogP contribution in [0.15, 0.2) is 0 Å². The van der Waals surface area contributed by atoms with Gasteiger partial charge >= 0.3 is 47.8 Å². The third-order valence-electron chi connectivity index (χ3n) is 0.493. The molecule has 0 bridgehead atoms. The van der Waals surface area contributed by atoms with E-state index in [1.807, 2.05) is 0 Å². The summed E-state index contributed by atoms with van der Waals surface area (Å²) in [6.45, 7) is 1.81. The summed E-state index contributed by atoms with van der Waals surface area (Å²) >= 11 is 0. The van der Waals surface area contributed by atoms with Crippen LogP contribution in [-0.2, 0) is 4.52 Å². The molecule has 0 unspecified atom stereocenters. The predicted octanol–water partition coefficient (Wildman–Crippen LogP) is -0.929. The van der Waals surface area contributed by atoms with Crippen molar-refractivity contribution in [1.82, 2.24) is 0 Å². The summed E-state index contributed by atoms with van der Waals surface area (Å²) in [5.41, 5.74) is 5.01. The maximum absolute atomic E-state index is 8.57. The predicted molar refractivity (Wildman–Crippen MR) is 33.7 cm³/mol. The molecule has 0 aliphatic rings. The first-order chi connectivity index (χ1) is 3.56. The Morgan fingerprint density at radius 1 is 1.62 bits per heavy atom. The van der Waals surface area contributed by atoms with Gasteiger partial charge in [0.05, 0.1) is 0 Å². The number of hydrogen-bond donors (Lipinski definition) is 3. The molecule has 0 fully saturated rings. The molecule has 0 saturated carbocycles. The van der Waals surface area contributed by atoms with E-state index in [0.29, 0.717) is 6.54 Å². The third-order valence-corrected chi connectivity index (χ3v) is 1.24. The van der Waals surface area contributed by atoms with Gasteiger partial charge in [-0.25, -0.2) is 0 Å². The Morgan fingerprint density at radius 3 is 2.25 bits per heavy atom. The molecule has 52 valence electrons. The zero-order valence-corrected chi connectivity index (χ0v) is 5.79. The average molecular weight is 141 g/mol. The molecular formula is C3H12NO3P. The molecule has 0 rings (SSSR count). The fraction of sp³-hybridized carbons (Fsp3) is 1.00. The summed E-state index contributed by atoms with van der Waals surface area (Å²) in [5.74, 6) is 0.